The molecule has 0 radical (unpaired) electrons. The number of hydrogen-bond acceptors (Lipinski definition) is 0. The molecule has 0 aromatic rings. The largest absolute Gasteiger partial charge is 0.0883 e. The number of alkyl halides is 2. The van der Waals surface area contributed by atoms with Gasteiger partial charge in [-0.1, -0.05) is 68.3 Å². The second kappa shape index (κ2) is 11.2. The summed E-state index contributed by atoms with van der Waals surface area (Å²) in [7, 11) is 0. The highest BCUT2D eigenvalue weighted by molar-refractivity contribution is 9.09. The van der Waals surface area contributed by atoms with Gasteiger partial charge in [0, 0.05) is 10.7 Å². The zero-order valence-corrected chi connectivity index (χ0v) is 10.2. The molecule has 0 saturated carbocycles. The first-order valence-electron chi connectivity index (χ1n) is 3.98. The molecular weight excluding hydrogens is 280 g/mol. The maximum absolute atomic E-state index is 3.33. The Balaban J connectivity index is 3.25. The van der Waals surface area contributed by atoms with Gasteiger partial charge in [0.25, 0.3) is 0 Å². The third-order valence-corrected chi connectivity index (χ3v) is 1.97. The molecule has 68 valence electrons. The monoisotopic (exact) mass is 292 g/mol. The maximum atomic E-state index is 3.33. The van der Waals surface area contributed by atoms with Crippen molar-refractivity contribution in [1.29, 1.82) is 0 Å². The maximum Gasteiger partial charge on any atom is 0.0212 e. The molecule has 0 atom stereocenters. The van der Waals surface area contributed by atoms with Crippen LogP contribution in [0.1, 0.15) is 12.8 Å². The highest BCUT2D eigenvalue weighted by Gasteiger charge is 1.72. The molecule has 0 bridgehead atoms. The Morgan fingerprint density at radius 2 is 0.917 bits per heavy atom. The lowest BCUT2D eigenvalue weighted by molar-refractivity contribution is 1.30. The minimum absolute atomic E-state index is 0.949. The summed E-state index contributed by atoms with van der Waals surface area (Å²) in [6, 6.07) is 0. The van der Waals surface area contributed by atoms with Crippen LogP contribution in [0.15, 0.2) is 36.5 Å². The van der Waals surface area contributed by atoms with Gasteiger partial charge < -0.3 is 0 Å². The molecule has 0 saturated heterocycles. The average molecular weight is 294 g/mol. The molecular formula is C10H14Br2. The van der Waals surface area contributed by atoms with Gasteiger partial charge in [-0.2, -0.15) is 0 Å². The van der Waals surface area contributed by atoms with E-state index in [4.69, 9.17) is 0 Å². The summed E-state index contributed by atoms with van der Waals surface area (Å²) in [5.41, 5.74) is 0. The van der Waals surface area contributed by atoms with Crippen LogP contribution in [0.2, 0.25) is 0 Å². The number of halogens is 2. The molecule has 0 spiro atoms. The van der Waals surface area contributed by atoms with Crippen molar-refractivity contribution in [3.8, 4) is 0 Å². The van der Waals surface area contributed by atoms with Crippen LogP contribution in [0.4, 0.5) is 0 Å². The molecule has 0 nitrogen and oxygen atoms in total. The van der Waals surface area contributed by atoms with Crippen LogP contribution in [0.5, 0.6) is 0 Å². The summed E-state index contributed by atoms with van der Waals surface area (Å²) in [6.07, 6.45) is 15.0. The first kappa shape index (κ1) is 12.2. The van der Waals surface area contributed by atoms with Gasteiger partial charge in [0.05, 0.1) is 0 Å². The summed E-state index contributed by atoms with van der Waals surface area (Å²) >= 11 is 6.65. The molecule has 0 aromatic carbocycles. The lowest BCUT2D eigenvalue weighted by atomic mass is 10.3. The van der Waals surface area contributed by atoms with E-state index in [0.29, 0.717) is 0 Å². The van der Waals surface area contributed by atoms with Gasteiger partial charge in [-0.3, -0.25) is 0 Å². The fourth-order valence-corrected chi connectivity index (χ4v) is 1.20. The standard InChI is InChI=1S/C10H14Br2/c11-9-7-5-3-1-2-4-6-8-10-12/h1-2,5-8H,3-4,9-10H2/b2-1+,7-5+,8-6+. The van der Waals surface area contributed by atoms with Crippen molar-refractivity contribution in [3.63, 3.8) is 0 Å². The second-order valence-corrected chi connectivity index (χ2v) is 3.49. The average Bonchev–Trinajstić information content (AvgIpc) is 2.10. The molecule has 0 aliphatic carbocycles. The number of rotatable bonds is 6. The smallest absolute Gasteiger partial charge is 0.0212 e. The predicted octanol–water partition coefficient (Wildman–Crippen LogP) is 4.23. The zero-order chi connectivity index (χ0) is 9.07. The Morgan fingerprint density at radius 1 is 0.583 bits per heavy atom. The van der Waals surface area contributed by atoms with E-state index in [1.165, 1.54) is 0 Å². The van der Waals surface area contributed by atoms with Gasteiger partial charge in [0.2, 0.25) is 0 Å². The molecule has 0 rings (SSSR count). The van der Waals surface area contributed by atoms with Crippen LogP contribution in [-0.2, 0) is 0 Å². The van der Waals surface area contributed by atoms with Crippen molar-refractivity contribution in [2.45, 2.75) is 12.8 Å². The summed E-state index contributed by atoms with van der Waals surface area (Å²) in [5, 5.41) is 1.90. The van der Waals surface area contributed by atoms with Crippen molar-refractivity contribution in [3.05, 3.63) is 36.5 Å². The van der Waals surface area contributed by atoms with Crippen LogP contribution >= 0.6 is 31.9 Å². The molecule has 0 N–H and O–H groups in total. The Hall–Kier alpha value is 0.180. The van der Waals surface area contributed by atoms with Crippen LogP contribution in [-0.4, -0.2) is 10.7 Å². The van der Waals surface area contributed by atoms with Crippen LogP contribution in [0, 0.1) is 0 Å². The number of allylic oxidation sites excluding steroid dienone is 6. The van der Waals surface area contributed by atoms with Crippen molar-refractivity contribution >= 4 is 31.9 Å². The SMILES string of the molecule is BrC/C=C/C/C=C/C/C=C/CBr. The minimum atomic E-state index is 0.949. The Bertz CT molecular complexity index is 139. The van der Waals surface area contributed by atoms with Crippen molar-refractivity contribution in [1.82, 2.24) is 0 Å². The second-order valence-electron chi connectivity index (χ2n) is 2.19. The quantitative estimate of drug-likeness (QED) is 0.508. The van der Waals surface area contributed by atoms with E-state index in [2.05, 4.69) is 68.3 Å². The molecule has 0 aliphatic rings. The van der Waals surface area contributed by atoms with Crippen LogP contribution < -0.4 is 0 Å². The third kappa shape index (κ3) is 10.2. The summed E-state index contributed by atoms with van der Waals surface area (Å²) in [4.78, 5) is 0. The first-order valence-corrected chi connectivity index (χ1v) is 6.23. The van der Waals surface area contributed by atoms with E-state index in [0.717, 1.165) is 23.5 Å². The lowest BCUT2D eigenvalue weighted by Crippen LogP contribution is -1.63. The lowest BCUT2D eigenvalue weighted by Gasteiger charge is -1.82. The van der Waals surface area contributed by atoms with E-state index >= 15 is 0 Å². The normalized spacial score (nSPS) is 12.5. The Labute approximate surface area is 91.7 Å². The van der Waals surface area contributed by atoms with E-state index in [1.807, 2.05) is 0 Å². The van der Waals surface area contributed by atoms with Crippen LogP contribution in [0.25, 0.3) is 0 Å². The molecule has 0 amide bonds. The summed E-state index contributed by atoms with van der Waals surface area (Å²) < 4.78 is 0. The Morgan fingerprint density at radius 3 is 1.25 bits per heavy atom. The summed E-state index contributed by atoms with van der Waals surface area (Å²) in [6.45, 7) is 0. The van der Waals surface area contributed by atoms with Gasteiger partial charge in [-0.05, 0) is 12.8 Å². The molecule has 12 heavy (non-hydrogen) atoms. The minimum Gasteiger partial charge on any atom is -0.0883 e. The van der Waals surface area contributed by atoms with Gasteiger partial charge in [-0.25, -0.2) is 0 Å². The first-order chi connectivity index (χ1) is 5.91. The van der Waals surface area contributed by atoms with Crippen molar-refractivity contribution in [2.24, 2.45) is 0 Å². The van der Waals surface area contributed by atoms with E-state index < -0.39 is 0 Å². The highest BCUT2D eigenvalue weighted by atomic mass is 79.9. The fraction of sp³-hybridized carbons (Fsp3) is 0.400. The molecule has 0 heterocycles. The van der Waals surface area contributed by atoms with Gasteiger partial charge in [0.1, 0.15) is 0 Å². The molecule has 0 aliphatic heterocycles. The highest BCUT2D eigenvalue weighted by Crippen LogP contribution is 1.92. The summed E-state index contributed by atoms with van der Waals surface area (Å²) in [5.74, 6) is 0. The Kier molecular flexibility index (Phi) is 11.3. The van der Waals surface area contributed by atoms with E-state index in [1.54, 1.807) is 0 Å². The molecule has 0 unspecified atom stereocenters. The predicted molar refractivity (Wildman–Crippen MR) is 64.2 cm³/mol. The topological polar surface area (TPSA) is 0 Å². The molecule has 2 heteroatoms. The van der Waals surface area contributed by atoms with Crippen LogP contribution in [0.3, 0.4) is 0 Å². The van der Waals surface area contributed by atoms with Crippen molar-refractivity contribution < 1.29 is 0 Å². The zero-order valence-electron chi connectivity index (χ0n) is 7.05. The fourth-order valence-electron chi connectivity index (χ4n) is 0.668. The third-order valence-electron chi connectivity index (χ3n) is 1.22. The molecule has 0 aromatic heterocycles. The number of hydrogen-bond donors (Lipinski definition) is 0. The van der Waals surface area contributed by atoms with E-state index in [-0.39, 0.29) is 0 Å². The van der Waals surface area contributed by atoms with Gasteiger partial charge in [0.15, 0.2) is 0 Å². The van der Waals surface area contributed by atoms with Crippen molar-refractivity contribution in [2.75, 3.05) is 10.7 Å². The van der Waals surface area contributed by atoms with Gasteiger partial charge >= 0.3 is 0 Å². The van der Waals surface area contributed by atoms with E-state index in [9.17, 15) is 0 Å². The molecule has 0 fully saturated rings. The van der Waals surface area contributed by atoms with Gasteiger partial charge in [-0.15, -0.1) is 0 Å².